The quantitative estimate of drug-likeness (QED) is 0.875. The number of anilines is 1. The average Bonchev–Trinajstić information content (AvgIpc) is 2.30. The first-order chi connectivity index (χ1) is 7.75. The number of aromatic nitrogens is 1. The van der Waals surface area contributed by atoms with Gasteiger partial charge in [-0.15, -0.1) is 12.4 Å². The maximum absolute atomic E-state index is 10.5. The van der Waals surface area contributed by atoms with Crippen molar-refractivity contribution in [3.63, 3.8) is 0 Å². The molecule has 0 radical (unpaired) electrons. The van der Waals surface area contributed by atoms with Crippen molar-refractivity contribution in [3.8, 4) is 0 Å². The second kappa shape index (κ2) is 6.42. The summed E-state index contributed by atoms with van der Waals surface area (Å²) in [5, 5.41) is 8.63. The maximum Gasteiger partial charge on any atom is 0.307 e. The van der Waals surface area contributed by atoms with E-state index in [2.05, 4.69) is 9.88 Å². The van der Waals surface area contributed by atoms with Gasteiger partial charge in [0.2, 0.25) is 0 Å². The molecule has 6 heteroatoms. The van der Waals surface area contributed by atoms with Crippen molar-refractivity contribution in [2.45, 2.75) is 6.42 Å². The number of aliphatic carboxylic acids is 1. The van der Waals surface area contributed by atoms with E-state index in [-0.39, 0.29) is 18.8 Å². The number of hydrogen-bond donors (Lipinski definition) is 1. The van der Waals surface area contributed by atoms with Gasteiger partial charge in [-0.05, 0) is 11.6 Å². The summed E-state index contributed by atoms with van der Waals surface area (Å²) in [4.78, 5) is 16.9. The Morgan fingerprint density at radius 3 is 2.65 bits per heavy atom. The van der Waals surface area contributed by atoms with Crippen LogP contribution in [0.1, 0.15) is 5.56 Å². The van der Waals surface area contributed by atoms with Gasteiger partial charge in [0.25, 0.3) is 0 Å². The third-order valence-electron chi connectivity index (χ3n) is 2.50. The van der Waals surface area contributed by atoms with E-state index in [1.807, 2.05) is 12.1 Å². The number of nitrogens with zero attached hydrogens (tertiary/aromatic N) is 2. The summed E-state index contributed by atoms with van der Waals surface area (Å²) in [6, 6.07) is 3.68. The summed E-state index contributed by atoms with van der Waals surface area (Å²) in [6.45, 7) is 3.12. The van der Waals surface area contributed by atoms with Gasteiger partial charge in [-0.2, -0.15) is 0 Å². The SMILES string of the molecule is Cl.O=C(O)Cc1ccc(N2CCOCC2)nc1. The summed E-state index contributed by atoms with van der Waals surface area (Å²) < 4.78 is 5.25. The Morgan fingerprint density at radius 2 is 2.12 bits per heavy atom. The molecule has 1 fully saturated rings. The number of carboxylic acid groups (broad SMARTS) is 1. The molecular weight excluding hydrogens is 244 g/mol. The summed E-state index contributed by atoms with van der Waals surface area (Å²) in [5.74, 6) is 0.0540. The third-order valence-corrected chi connectivity index (χ3v) is 2.50. The van der Waals surface area contributed by atoms with E-state index >= 15 is 0 Å². The van der Waals surface area contributed by atoms with Gasteiger partial charge < -0.3 is 14.7 Å². The molecule has 1 aliphatic heterocycles. The lowest BCUT2D eigenvalue weighted by atomic mass is 10.2. The standard InChI is InChI=1S/C11H14N2O3.ClH/c14-11(15)7-9-1-2-10(12-8-9)13-3-5-16-6-4-13;/h1-2,8H,3-7H2,(H,14,15);1H. The molecule has 0 aromatic carbocycles. The van der Waals surface area contributed by atoms with Crippen LogP contribution in [0.4, 0.5) is 5.82 Å². The normalized spacial score (nSPS) is 15.2. The molecule has 1 N–H and O–H groups in total. The van der Waals surface area contributed by atoms with Crippen molar-refractivity contribution >= 4 is 24.2 Å². The van der Waals surface area contributed by atoms with E-state index in [9.17, 15) is 4.79 Å². The Bertz CT molecular complexity index is 363. The largest absolute Gasteiger partial charge is 0.481 e. The zero-order valence-electron chi connectivity index (χ0n) is 9.33. The number of hydrogen-bond acceptors (Lipinski definition) is 4. The highest BCUT2D eigenvalue weighted by molar-refractivity contribution is 5.85. The first-order valence-electron chi connectivity index (χ1n) is 5.25. The van der Waals surface area contributed by atoms with E-state index in [1.165, 1.54) is 0 Å². The molecule has 0 amide bonds. The molecule has 17 heavy (non-hydrogen) atoms. The molecule has 2 rings (SSSR count). The second-order valence-electron chi connectivity index (χ2n) is 3.69. The lowest BCUT2D eigenvalue weighted by molar-refractivity contribution is -0.136. The Balaban J connectivity index is 0.00000144. The minimum absolute atomic E-state index is 0. The molecule has 1 saturated heterocycles. The summed E-state index contributed by atoms with van der Waals surface area (Å²) in [5.41, 5.74) is 0.726. The molecule has 0 unspecified atom stereocenters. The molecule has 5 nitrogen and oxygen atoms in total. The van der Waals surface area contributed by atoms with E-state index in [1.54, 1.807) is 6.20 Å². The highest BCUT2D eigenvalue weighted by atomic mass is 35.5. The molecule has 0 atom stereocenters. The highest BCUT2D eigenvalue weighted by Gasteiger charge is 2.12. The Labute approximate surface area is 106 Å². The number of morpholine rings is 1. The van der Waals surface area contributed by atoms with Gasteiger partial charge in [0.1, 0.15) is 5.82 Å². The van der Waals surface area contributed by atoms with Crippen molar-refractivity contribution < 1.29 is 14.6 Å². The first-order valence-corrected chi connectivity index (χ1v) is 5.25. The third kappa shape index (κ3) is 3.87. The molecule has 1 aromatic heterocycles. The van der Waals surface area contributed by atoms with Gasteiger partial charge in [-0.25, -0.2) is 4.98 Å². The number of ether oxygens (including phenoxy) is 1. The summed E-state index contributed by atoms with van der Waals surface area (Å²) in [6.07, 6.45) is 1.65. The van der Waals surface area contributed by atoms with Crippen molar-refractivity contribution in [1.29, 1.82) is 0 Å². The smallest absolute Gasteiger partial charge is 0.307 e. The van der Waals surface area contributed by atoms with Crippen molar-refractivity contribution in [3.05, 3.63) is 23.9 Å². The van der Waals surface area contributed by atoms with Crippen LogP contribution in [0, 0.1) is 0 Å². The topological polar surface area (TPSA) is 62.7 Å². The monoisotopic (exact) mass is 258 g/mol. The first kappa shape index (κ1) is 13.7. The van der Waals surface area contributed by atoms with E-state index in [0.29, 0.717) is 0 Å². The molecule has 2 heterocycles. The van der Waals surface area contributed by atoms with Gasteiger partial charge >= 0.3 is 5.97 Å². The lowest BCUT2D eigenvalue weighted by Crippen LogP contribution is -2.36. The molecule has 94 valence electrons. The molecular formula is C11H15ClN2O3. The van der Waals surface area contributed by atoms with Crippen LogP contribution in [-0.2, 0) is 16.0 Å². The molecule has 1 aliphatic rings. The van der Waals surface area contributed by atoms with Crippen LogP contribution in [0.25, 0.3) is 0 Å². The van der Waals surface area contributed by atoms with Gasteiger partial charge in [0.05, 0.1) is 19.6 Å². The average molecular weight is 259 g/mol. The second-order valence-corrected chi connectivity index (χ2v) is 3.69. The Hall–Kier alpha value is -1.33. The van der Waals surface area contributed by atoms with E-state index in [4.69, 9.17) is 9.84 Å². The van der Waals surface area contributed by atoms with Crippen LogP contribution in [0.5, 0.6) is 0 Å². The van der Waals surface area contributed by atoms with Gasteiger partial charge in [-0.1, -0.05) is 6.07 Å². The number of carboxylic acids is 1. The van der Waals surface area contributed by atoms with Crippen LogP contribution in [0.3, 0.4) is 0 Å². The van der Waals surface area contributed by atoms with Gasteiger partial charge in [0.15, 0.2) is 0 Å². The number of rotatable bonds is 3. The molecule has 0 bridgehead atoms. The van der Waals surface area contributed by atoms with Crippen molar-refractivity contribution in [2.75, 3.05) is 31.2 Å². The van der Waals surface area contributed by atoms with E-state index in [0.717, 1.165) is 37.7 Å². The fraction of sp³-hybridized carbons (Fsp3) is 0.455. The van der Waals surface area contributed by atoms with Crippen molar-refractivity contribution in [1.82, 2.24) is 4.98 Å². The van der Waals surface area contributed by atoms with Crippen molar-refractivity contribution in [2.24, 2.45) is 0 Å². The van der Waals surface area contributed by atoms with Crippen LogP contribution < -0.4 is 4.90 Å². The zero-order chi connectivity index (χ0) is 11.4. The Kier molecular flexibility index (Phi) is 5.18. The zero-order valence-corrected chi connectivity index (χ0v) is 10.2. The number of carbonyl (C=O) groups is 1. The molecule has 0 spiro atoms. The lowest BCUT2D eigenvalue weighted by Gasteiger charge is -2.27. The predicted molar refractivity (Wildman–Crippen MR) is 65.9 cm³/mol. The number of halogens is 1. The fourth-order valence-corrected chi connectivity index (χ4v) is 1.68. The van der Waals surface area contributed by atoms with Gasteiger partial charge in [-0.3, -0.25) is 4.79 Å². The van der Waals surface area contributed by atoms with E-state index < -0.39 is 5.97 Å². The Morgan fingerprint density at radius 1 is 1.41 bits per heavy atom. The predicted octanol–water partition coefficient (Wildman–Crippen LogP) is 0.967. The van der Waals surface area contributed by atoms with Crippen LogP contribution in [-0.4, -0.2) is 42.4 Å². The summed E-state index contributed by atoms with van der Waals surface area (Å²) >= 11 is 0. The minimum atomic E-state index is -0.832. The summed E-state index contributed by atoms with van der Waals surface area (Å²) in [7, 11) is 0. The minimum Gasteiger partial charge on any atom is -0.481 e. The maximum atomic E-state index is 10.5. The van der Waals surface area contributed by atoms with Crippen LogP contribution in [0.15, 0.2) is 18.3 Å². The van der Waals surface area contributed by atoms with Gasteiger partial charge in [0, 0.05) is 19.3 Å². The fourth-order valence-electron chi connectivity index (χ4n) is 1.68. The number of pyridine rings is 1. The molecule has 1 aromatic rings. The highest BCUT2D eigenvalue weighted by Crippen LogP contribution is 2.13. The van der Waals surface area contributed by atoms with Crippen LogP contribution >= 0.6 is 12.4 Å². The molecule has 0 saturated carbocycles. The van der Waals surface area contributed by atoms with Crippen LogP contribution in [0.2, 0.25) is 0 Å². The molecule has 0 aliphatic carbocycles.